The van der Waals surface area contributed by atoms with Crippen LogP contribution in [-0.4, -0.2) is 16.9 Å². The Morgan fingerprint density at radius 3 is 2.73 bits per heavy atom. The van der Waals surface area contributed by atoms with E-state index >= 15 is 0 Å². The van der Waals surface area contributed by atoms with Gasteiger partial charge in [-0.15, -0.1) is 11.3 Å². The highest BCUT2D eigenvalue weighted by Gasteiger charge is 2.18. The van der Waals surface area contributed by atoms with Crippen LogP contribution in [0.25, 0.3) is 0 Å². The summed E-state index contributed by atoms with van der Waals surface area (Å²) in [7, 11) is 0. The number of carbonyl (C=O) groups excluding carboxylic acids is 2. The molecule has 0 saturated carbocycles. The zero-order chi connectivity index (χ0) is 16.1. The second kappa shape index (κ2) is 7.04. The van der Waals surface area contributed by atoms with Crippen LogP contribution in [0, 0.1) is 13.8 Å². The third-order valence-corrected chi connectivity index (χ3v) is 3.85. The number of primary amides is 1. The molecule has 2 aromatic rings. The summed E-state index contributed by atoms with van der Waals surface area (Å²) >= 11 is 1.40. The van der Waals surface area contributed by atoms with E-state index in [9.17, 15) is 9.59 Å². The zero-order valence-corrected chi connectivity index (χ0v) is 13.2. The number of nitrogens with zero attached hydrogens (tertiary/aromatic N) is 1. The highest BCUT2D eigenvalue weighted by molar-refractivity contribution is 7.15. The molecule has 0 aliphatic carbocycles. The Hall–Kier alpha value is -2.41. The first-order valence-corrected chi connectivity index (χ1v) is 7.60. The largest absolute Gasteiger partial charge is 0.352 e. The molecule has 3 amide bonds. The highest BCUT2D eigenvalue weighted by atomic mass is 32.1. The molecule has 6 nitrogen and oxygen atoms in total. The quantitative estimate of drug-likeness (QED) is 0.790. The number of carbonyl (C=O) groups is 2. The number of amides is 3. The van der Waals surface area contributed by atoms with Gasteiger partial charge in [0.1, 0.15) is 0 Å². The standard InChI is InChI=1S/C15H18N4O2S/c1-9-4-3-5-11(6-9)12(18-14(16)21)7-13(20)19-15-17-8-10(2)22-15/h3-6,8,12H,7H2,1-2H3,(H3,16,18,21)(H,17,19,20)/t12-/m1/s1. The summed E-state index contributed by atoms with van der Waals surface area (Å²) in [6, 6.07) is 6.46. The topological polar surface area (TPSA) is 97.1 Å². The van der Waals surface area contributed by atoms with Crippen molar-refractivity contribution >= 4 is 28.4 Å². The number of hydrogen-bond acceptors (Lipinski definition) is 4. The Morgan fingerprint density at radius 2 is 2.14 bits per heavy atom. The van der Waals surface area contributed by atoms with E-state index in [0.29, 0.717) is 5.13 Å². The van der Waals surface area contributed by atoms with Crippen LogP contribution in [0.15, 0.2) is 30.5 Å². The lowest BCUT2D eigenvalue weighted by atomic mass is 10.0. The lowest BCUT2D eigenvalue weighted by molar-refractivity contribution is -0.116. The molecule has 22 heavy (non-hydrogen) atoms. The van der Waals surface area contributed by atoms with E-state index < -0.39 is 12.1 Å². The molecule has 0 aliphatic rings. The Kier molecular flexibility index (Phi) is 5.11. The van der Waals surface area contributed by atoms with Gasteiger partial charge < -0.3 is 16.4 Å². The number of benzene rings is 1. The van der Waals surface area contributed by atoms with Crippen LogP contribution in [0.1, 0.15) is 28.5 Å². The summed E-state index contributed by atoms with van der Waals surface area (Å²) in [6.07, 6.45) is 1.78. The molecule has 0 aliphatic heterocycles. The molecule has 0 fully saturated rings. The fourth-order valence-electron chi connectivity index (χ4n) is 2.08. The molecular weight excluding hydrogens is 300 g/mol. The summed E-state index contributed by atoms with van der Waals surface area (Å²) in [6.45, 7) is 3.86. The number of urea groups is 1. The molecular formula is C15H18N4O2S. The van der Waals surface area contributed by atoms with Crippen molar-refractivity contribution in [3.63, 3.8) is 0 Å². The van der Waals surface area contributed by atoms with Crippen LogP contribution in [0.3, 0.4) is 0 Å². The molecule has 0 unspecified atom stereocenters. The zero-order valence-electron chi connectivity index (χ0n) is 12.4. The number of thiazole rings is 1. The van der Waals surface area contributed by atoms with Crippen molar-refractivity contribution in [1.29, 1.82) is 0 Å². The predicted octanol–water partition coefficient (Wildman–Crippen LogP) is 2.50. The van der Waals surface area contributed by atoms with E-state index in [0.717, 1.165) is 16.0 Å². The molecule has 4 N–H and O–H groups in total. The highest BCUT2D eigenvalue weighted by Crippen LogP contribution is 2.21. The molecule has 1 aromatic heterocycles. The minimum absolute atomic E-state index is 0.0883. The Balaban J connectivity index is 2.09. The first kappa shape index (κ1) is 16.0. The van der Waals surface area contributed by atoms with Crippen molar-refractivity contribution in [2.24, 2.45) is 5.73 Å². The first-order chi connectivity index (χ1) is 10.4. The molecule has 7 heteroatoms. The summed E-state index contributed by atoms with van der Waals surface area (Å²) in [4.78, 5) is 28.4. The lowest BCUT2D eigenvalue weighted by Crippen LogP contribution is -2.35. The van der Waals surface area contributed by atoms with E-state index in [2.05, 4.69) is 15.6 Å². The Bertz CT molecular complexity index is 684. The van der Waals surface area contributed by atoms with Crippen LogP contribution >= 0.6 is 11.3 Å². The van der Waals surface area contributed by atoms with Gasteiger partial charge in [0.25, 0.3) is 0 Å². The second-order valence-electron chi connectivity index (χ2n) is 5.00. The van der Waals surface area contributed by atoms with Gasteiger partial charge in [-0.3, -0.25) is 4.79 Å². The van der Waals surface area contributed by atoms with Gasteiger partial charge in [-0.25, -0.2) is 9.78 Å². The van der Waals surface area contributed by atoms with Crippen molar-refractivity contribution < 1.29 is 9.59 Å². The van der Waals surface area contributed by atoms with Crippen molar-refractivity contribution in [3.8, 4) is 0 Å². The Labute approximate surface area is 132 Å². The average Bonchev–Trinajstić information content (AvgIpc) is 2.82. The van der Waals surface area contributed by atoms with Gasteiger partial charge in [0, 0.05) is 11.1 Å². The first-order valence-electron chi connectivity index (χ1n) is 6.79. The number of hydrogen-bond donors (Lipinski definition) is 3. The van der Waals surface area contributed by atoms with Crippen molar-refractivity contribution in [3.05, 3.63) is 46.5 Å². The minimum Gasteiger partial charge on any atom is -0.352 e. The van der Waals surface area contributed by atoms with Crippen LogP contribution in [0.2, 0.25) is 0 Å². The molecule has 116 valence electrons. The summed E-state index contributed by atoms with van der Waals surface area (Å²) < 4.78 is 0. The minimum atomic E-state index is -0.663. The van der Waals surface area contributed by atoms with E-state index in [4.69, 9.17) is 5.73 Å². The third kappa shape index (κ3) is 4.56. The van der Waals surface area contributed by atoms with Crippen molar-refractivity contribution in [2.45, 2.75) is 26.3 Å². The van der Waals surface area contributed by atoms with Crippen LogP contribution < -0.4 is 16.4 Å². The average molecular weight is 318 g/mol. The molecule has 0 radical (unpaired) electrons. The maximum Gasteiger partial charge on any atom is 0.312 e. The maximum atomic E-state index is 12.1. The number of nitrogens with one attached hydrogen (secondary N) is 2. The van der Waals surface area contributed by atoms with Gasteiger partial charge in [-0.05, 0) is 19.4 Å². The normalized spacial score (nSPS) is 11.7. The second-order valence-corrected chi connectivity index (χ2v) is 6.24. The predicted molar refractivity (Wildman–Crippen MR) is 86.7 cm³/mol. The van der Waals surface area contributed by atoms with Crippen molar-refractivity contribution in [2.75, 3.05) is 5.32 Å². The lowest BCUT2D eigenvalue weighted by Gasteiger charge is -2.17. The maximum absolute atomic E-state index is 12.1. The van der Waals surface area contributed by atoms with Gasteiger partial charge in [-0.1, -0.05) is 29.8 Å². The van der Waals surface area contributed by atoms with Crippen molar-refractivity contribution in [1.82, 2.24) is 10.3 Å². The van der Waals surface area contributed by atoms with E-state index in [-0.39, 0.29) is 12.3 Å². The van der Waals surface area contributed by atoms with Gasteiger partial charge in [-0.2, -0.15) is 0 Å². The van der Waals surface area contributed by atoms with Gasteiger partial charge in [0.2, 0.25) is 5.91 Å². The van der Waals surface area contributed by atoms with E-state index in [1.54, 1.807) is 6.20 Å². The number of aryl methyl sites for hydroxylation is 2. The van der Waals surface area contributed by atoms with Crippen LogP contribution in [0.4, 0.5) is 9.93 Å². The molecule has 0 saturated heterocycles. The molecule has 1 aromatic carbocycles. The van der Waals surface area contributed by atoms with Gasteiger partial charge >= 0.3 is 6.03 Å². The smallest absolute Gasteiger partial charge is 0.312 e. The van der Waals surface area contributed by atoms with E-state index in [1.165, 1.54) is 11.3 Å². The molecule has 2 rings (SSSR count). The third-order valence-electron chi connectivity index (χ3n) is 3.02. The number of rotatable bonds is 5. The molecule has 1 atom stereocenters. The Morgan fingerprint density at radius 1 is 1.36 bits per heavy atom. The van der Waals surface area contributed by atoms with Gasteiger partial charge in [0.15, 0.2) is 5.13 Å². The number of anilines is 1. The van der Waals surface area contributed by atoms with E-state index in [1.807, 2.05) is 38.1 Å². The number of aromatic nitrogens is 1. The monoisotopic (exact) mass is 318 g/mol. The SMILES string of the molecule is Cc1cccc([C@@H](CC(=O)Nc2ncc(C)s2)NC(N)=O)c1. The molecule has 1 heterocycles. The summed E-state index contributed by atoms with van der Waals surface area (Å²) in [5.74, 6) is -0.227. The molecule has 0 spiro atoms. The van der Waals surface area contributed by atoms with Crippen LogP contribution in [0.5, 0.6) is 0 Å². The fourth-order valence-corrected chi connectivity index (χ4v) is 2.76. The fraction of sp³-hybridized carbons (Fsp3) is 0.267. The molecule has 0 bridgehead atoms. The summed E-state index contributed by atoms with van der Waals surface area (Å²) in [5, 5.41) is 5.88. The number of nitrogens with two attached hydrogens (primary N) is 1. The van der Waals surface area contributed by atoms with Gasteiger partial charge in [0.05, 0.1) is 12.5 Å². The summed E-state index contributed by atoms with van der Waals surface area (Å²) in [5.41, 5.74) is 7.09. The van der Waals surface area contributed by atoms with Crippen LogP contribution in [-0.2, 0) is 4.79 Å².